The number of nitrogens with zero attached hydrogens (tertiary/aromatic N) is 1. The number of carboxylic acids is 1. The number of likely N-dealkylation sites (tertiary alicyclic amines) is 1. The highest BCUT2D eigenvalue weighted by Crippen LogP contribution is 2.22. The number of aliphatic hydroxyl groups excluding tert-OH is 1. The molecule has 1 amide bonds. The number of rotatable bonds is 14. The summed E-state index contributed by atoms with van der Waals surface area (Å²) in [4.78, 5) is 24.7. The molecule has 0 radical (unpaired) electrons. The van der Waals surface area contributed by atoms with Gasteiger partial charge >= 0.3 is 5.97 Å². The van der Waals surface area contributed by atoms with E-state index in [4.69, 9.17) is 5.11 Å². The maximum absolute atomic E-state index is 12.2. The van der Waals surface area contributed by atoms with Crippen LogP contribution in [0, 0.1) is 5.92 Å². The minimum absolute atomic E-state index is 0.0719. The van der Waals surface area contributed by atoms with E-state index in [1.54, 1.807) is 0 Å². The summed E-state index contributed by atoms with van der Waals surface area (Å²) >= 11 is 0. The highest BCUT2D eigenvalue weighted by Gasteiger charge is 2.28. The number of hydrogen-bond donors (Lipinski definition) is 2. The molecule has 1 heterocycles. The molecule has 0 aromatic heterocycles. The number of carbonyl (C=O) groups is 2. The van der Waals surface area contributed by atoms with Crippen LogP contribution in [-0.2, 0) is 16.0 Å². The van der Waals surface area contributed by atoms with Crippen molar-refractivity contribution in [2.75, 3.05) is 6.54 Å². The van der Waals surface area contributed by atoms with Gasteiger partial charge in [0.05, 0.1) is 12.1 Å². The van der Waals surface area contributed by atoms with Gasteiger partial charge in [0.15, 0.2) is 0 Å². The number of hydrogen-bond acceptors (Lipinski definition) is 3. The largest absolute Gasteiger partial charge is 0.481 e. The van der Waals surface area contributed by atoms with Crippen LogP contribution in [0.3, 0.4) is 0 Å². The molecule has 1 aromatic carbocycles. The normalized spacial score (nSPS) is 18.8. The number of amides is 1. The van der Waals surface area contributed by atoms with E-state index in [1.807, 2.05) is 23.1 Å². The van der Waals surface area contributed by atoms with E-state index in [2.05, 4.69) is 31.2 Å². The fourth-order valence-electron chi connectivity index (χ4n) is 4.03. The Balaban J connectivity index is 1.70. The van der Waals surface area contributed by atoms with Gasteiger partial charge in [0.25, 0.3) is 0 Å². The molecule has 30 heavy (non-hydrogen) atoms. The van der Waals surface area contributed by atoms with Crippen molar-refractivity contribution in [3.8, 4) is 0 Å². The number of aliphatic carboxylic acids is 1. The van der Waals surface area contributed by atoms with Crippen LogP contribution in [0.5, 0.6) is 0 Å². The third-order valence-electron chi connectivity index (χ3n) is 6.00. The first-order chi connectivity index (χ1) is 14.5. The lowest BCUT2D eigenvalue weighted by Gasteiger charge is -2.23. The van der Waals surface area contributed by atoms with Crippen LogP contribution < -0.4 is 0 Å². The second-order valence-corrected chi connectivity index (χ2v) is 8.48. The summed E-state index contributed by atoms with van der Waals surface area (Å²) in [6, 6.07) is 10.5. The quantitative estimate of drug-likeness (QED) is 0.344. The summed E-state index contributed by atoms with van der Waals surface area (Å²) in [5, 5.41) is 19.2. The summed E-state index contributed by atoms with van der Waals surface area (Å²) in [6.07, 6.45) is 11.4. The third-order valence-corrected chi connectivity index (χ3v) is 6.00. The SMILES string of the molecule is C[C@H](CCCc1ccccc1)[C@H](O)/C=C/[C@H]1CCC(=O)N1CCCCCCC(=O)O. The van der Waals surface area contributed by atoms with Gasteiger partial charge in [0.2, 0.25) is 5.91 Å². The topological polar surface area (TPSA) is 77.8 Å². The number of benzene rings is 1. The molecule has 0 aliphatic carbocycles. The molecule has 5 nitrogen and oxygen atoms in total. The average Bonchev–Trinajstić information content (AvgIpc) is 3.08. The molecule has 2 rings (SSSR count). The van der Waals surface area contributed by atoms with Crippen molar-refractivity contribution >= 4 is 11.9 Å². The summed E-state index contributed by atoms with van der Waals surface area (Å²) in [7, 11) is 0. The van der Waals surface area contributed by atoms with Crippen molar-refractivity contribution < 1.29 is 19.8 Å². The molecule has 166 valence electrons. The van der Waals surface area contributed by atoms with E-state index in [9.17, 15) is 14.7 Å². The van der Waals surface area contributed by atoms with Crippen molar-refractivity contribution in [1.82, 2.24) is 4.90 Å². The molecule has 3 atom stereocenters. The lowest BCUT2D eigenvalue weighted by atomic mass is 9.95. The molecular formula is C25H37NO4. The number of aryl methyl sites for hydroxylation is 1. The van der Waals surface area contributed by atoms with Gasteiger partial charge in [-0.2, -0.15) is 0 Å². The molecule has 0 unspecified atom stereocenters. The van der Waals surface area contributed by atoms with Crippen LogP contribution in [0.15, 0.2) is 42.5 Å². The molecule has 0 saturated carbocycles. The van der Waals surface area contributed by atoms with Crippen LogP contribution in [-0.4, -0.2) is 45.7 Å². The third kappa shape index (κ3) is 8.70. The van der Waals surface area contributed by atoms with E-state index in [-0.39, 0.29) is 24.3 Å². The summed E-state index contributed by atoms with van der Waals surface area (Å²) < 4.78 is 0. The zero-order valence-electron chi connectivity index (χ0n) is 18.2. The zero-order valence-corrected chi connectivity index (χ0v) is 18.2. The summed E-state index contributed by atoms with van der Waals surface area (Å²) in [5.74, 6) is -0.381. The first kappa shape index (κ1) is 24.1. The predicted octanol–water partition coefficient (Wildman–Crippen LogP) is 4.59. The van der Waals surface area contributed by atoms with Gasteiger partial charge in [-0.25, -0.2) is 0 Å². The van der Waals surface area contributed by atoms with Gasteiger partial charge in [-0.15, -0.1) is 0 Å². The van der Waals surface area contributed by atoms with Gasteiger partial charge in [-0.3, -0.25) is 9.59 Å². The fraction of sp³-hybridized carbons (Fsp3) is 0.600. The second kappa shape index (κ2) is 13.2. The van der Waals surface area contributed by atoms with Crippen molar-refractivity contribution in [3.05, 3.63) is 48.0 Å². The standard InChI is InChI=1S/C25H37NO4/c1-20(10-9-13-21-11-5-4-6-12-21)23(27)17-15-22-16-18-24(28)26(22)19-8-3-2-7-14-25(29)30/h4-6,11-12,15,17,20,22-23,27H,2-3,7-10,13-14,16,18-19H2,1H3,(H,29,30)/b17-15+/t20-,22+,23-/m1/s1. The van der Waals surface area contributed by atoms with E-state index in [0.29, 0.717) is 19.4 Å². The summed E-state index contributed by atoms with van der Waals surface area (Å²) in [6.45, 7) is 2.79. The van der Waals surface area contributed by atoms with Gasteiger partial charge in [0.1, 0.15) is 0 Å². The molecule has 2 N–H and O–H groups in total. The highest BCUT2D eigenvalue weighted by atomic mass is 16.4. The number of unbranched alkanes of at least 4 members (excludes halogenated alkanes) is 3. The Morgan fingerprint density at radius 2 is 1.90 bits per heavy atom. The Bertz CT molecular complexity index is 673. The molecule has 0 spiro atoms. The Morgan fingerprint density at radius 1 is 1.17 bits per heavy atom. The minimum atomic E-state index is -0.747. The maximum Gasteiger partial charge on any atom is 0.303 e. The van der Waals surface area contributed by atoms with Crippen LogP contribution in [0.25, 0.3) is 0 Å². The maximum atomic E-state index is 12.2. The van der Waals surface area contributed by atoms with Crippen molar-refractivity contribution in [1.29, 1.82) is 0 Å². The molecule has 0 bridgehead atoms. The predicted molar refractivity (Wildman–Crippen MR) is 119 cm³/mol. The summed E-state index contributed by atoms with van der Waals surface area (Å²) in [5.41, 5.74) is 1.33. The lowest BCUT2D eigenvalue weighted by molar-refractivity contribution is -0.137. The Labute approximate surface area is 180 Å². The van der Waals surface area contributed by atoms with Gasteiger partial charge in [-0.1, -0.05) is 62.2 Å². The van der Waals surface area contributed by atoms with Crippen molar-refractivity contribution in [2.45, 2.75) is 83.3 Å². The van der Waals surface area contributed by atoms with E-state index >= 15 is 0 Å². The van der Waals surface area contributed by atoms with Gasteiger partial charge in [0, 0.05) is 19.4 Å². The first-order valence-electron chi connectivity index (χ1n) is 11.4. The second-order valence-electron chi connectivity index (χ2n) is 8.48. The number of carbonyl (C=O) groups excluding carboxylic acids is 1. The van der Waals surface area contributed by atoms with E-state index < -0.39 is 12.1 Å². The lowest BCUT2D eigenvalue weighted by Crippen LogP contribution is -2.33. The molecule has 5 heteroatoms. The minimum Gasteiger partial charge on any atom is -0.481 e. The molecule has 1 aliphatic heterocycles. The first-order valence-corrected chi connectivity index (χ1v) is 11.4. The number of aliphatic hydroxyl groups is 1. The number of carboxylic acid groups (broad SMARTS) is 1. The van der Waals surface area contributed by atoms with E-state index in [1.165, 1.54) is 5.56 Å². The molecule has 1 saturated heterocycles. The highest BCUT2D eigenvalue weighted by molar-refractivity contribution is 5.79. The molecule has 1 fully saturated rings. The van der Waals surface area contributed by atoms with Gasteiger partial charge in [-0.05, 0) is 50.0 Å². The van der Waals surface area contributed by atoms with Gasteiger partial charge < -0.3 is 15.1 Å². The Morgan fingerprint density at radius 3 is 2.63 bits per heavy atom. The van der Waals surface area contributed by atoms with Crippen LogP contribution in [0.1, 0.15) is 70.3 Å². The molecule has 1 aliphatic rings. The zero-order chi connectivity index (χ0) is 21.8. The average molecular weight is 416 g/mol. The Kier molecular flexibility index (Phi) is 10.6. The van der Waals surface area contributed by atoms with Crippen molar-refractivity contribution in [3.63, 3.8) is 0 Å². The van der Waals surface area contributed by atoms with Crippen molar-refractivity contribution in [2.24, 2.45) is 5.92 Å². The van der Waals surface area contributed by atoms with E-state index in [0.717, 1.165) is 44.9 Å². The smallest absolute Gasteiger partial charge is 0.303 e. The van der Waals surface area contributed by atoms with Crippen LogP contribution >= 0.6 is 0 Å². The fourth-order valence-corrected chi connectivity index (χ4v) is 4.03. The monoisotopic (exact) mass is 415 g/mol. The van der Waals surface area contributed by atoms with Crippen LogP contribution in [0.2, 0.25) is 0 Å². The van der Waals surface area contributed by atoms with Crippen LogP contribution in [0.4, 0.5) is 0 Å². The Hall–Kier alpha value is -2.14. The molecule has 1 aromatic rings. The molecular weight excluding hydrogens is 378 g/mol.